The van der Waals surface area contributed by atoms with E-state index in [-0.39, 0.29) is 0 Å². The summed E-state index contributed by atoms with van der Waals surface area (Å²) in [6.07, 6.45) is 21.4. The minimum absolute atomic E-state index is 0.799. The van der Waals surface area contributed by atoms with Crippen LogP contribution in [0.5, 0.6) is 0 Å². The third-order valence-corrected chi connectivity index (χ3v) is 6.64. The first-order chi connectivity index (χ1) is 11.7. The van der Waals surface area contributed by atoms with Crippen molar-refractivity contribution in [2.24, 2.45) is 23.7 Å². The van der Waals surface area contributed by atoms with E-state index in [1.54, 1.807) is 11.6 Å². The molecule has 2 aliphatic carbocycles. The first-order valence-electron chi connectivity index (χ1n) is 10.5. The Bertz CT molecular complexity index is 425. The van der Waals surface area contributed by atoms with Crippen LogP contribution in [0.3, 0.4) is 0 Å². The van der Waals surface area contributed by atoms with Crippen LogP contribution in [0.2, 0.25) is 0 Å². The average molecular weight is 328 g/mol. The lowest BCUT2D eigenvalue weighted by atomic mass is 9.70. The SMILES string of the molecule is C=C(C1CCC(CCC=CC#N)CC1)C1CCC(CCCC)CC1. The Kier molecular flexibility index (Phi) is 8.65. The topological polar surface area (TPSA) is 23.8 Å². The third kappa shape index (κ3) is 6.12. The molecule has 134 valence electrons. The maximum Gasteiger partial charge on any atom is 0.0908 e. The lowest BCUT2D eigenvalue weighted by Crippen LogP contribution is -2.23. The van der Waals surface area contributed by atoms with Gasteiger partial charge in [-0.05, 0) is 87.9 Å². The smallest absolute Gasteiger partial charge is 0.0908 e. The fourth-order valence-electron chi connectivity index (χ4n) is 4.94. The van der Waals surface area contributed by atoms with Crippen molar-refractivity contribution in [2.45, 2.75) is 90.4 Å². The molecule has 0 aromatic carbocycles. The van der Waals surface area contributed by atoms with Gasteiger partial charge in [-0.3, -0.25) is 0 Å². The van der Waals surface area contributed by atoms with Crippen molar-refractivity contribution in [3.05, 3.63) is 24.3 Å². The normalized spacial score (nSPS) is 31.0. The van der Waals surface area contributed by atoms with Crippen LogP contribution in [-0.2, 0) is 0 Å². The number of rotatable bonds is 8. The highest BCUT2D eigenvalue weighted by atomic mass is 14.3. The Hall–Kier alpha value is -1.03. The van der Waals surface area contributed by atoms with Gasteiger partial charge < -0.3 is 0 Å². The van der Waals surface area contributed by atoms with Crippen LogP contribution in [-0.4, -0.2) is 0 Å². The molecule has 0 bridgehead atoms. The summed E-state index contributed by atoms with van der Waals surface area (Å²) in [5.41, 5.74) is 1.60. The molecule has 1 nitrogen and oxygen atoms in total. The fourth-order valence-corrected chi connectivity index (χ4v) is 4.94. The minimum Gasteiger partial charge on any atom is -0.193 e. The maximum atomic E-state index is 8.54. The van der Waals surface area contributed by atoms with E-state index >= 15 is 0 Å². The van der Waals surface area contributed by atoms with Gasteiger partial charge in [0.2, 0.25) is 0 Å². The van der Waals surface area contributed by atoms with Crippen molar-refractivity contribution in [3.8, 4) is 6.07 Å². The van der Waals surface area contributed by atoms with Gasteiger partial charge in [0.1, 0.15) is 0 Å². The van der Waals surface area contributed by atoms with Crippen molar-refractivity contribution in [2.75, 3.05) is 0 Å². The highest BCUT2D eigenvalue weighted by molar-refractivity contribution is 5.08. The molecule has 2 fully saturated rings. The van der Waals surface area contributed by atoms with Gasteiger partial charge in [0.25, 0.3) is 0 Å². The second-order valence-corrected chi connectivity index (χ2v) is 8.26. The molecular formula is C23H37N. The fraction of sp³-hybridized carbons (Fsp3) is 0.783. The van der Waals surface area contributed by atoms with Crippen molar-refractivity contribution < 1.29 is 0 Å². The van der Waals surface area contributed by atoms with Gasteiger partial charge in [-0.1, -0.05) is 44.4 Å². The predicted octanol–water partition coefficient (Wildman–Crippen LogP) is 7.21. The number of hydrogen-bond donors (Lipinski definition) is 0. The Balaban J connectivity index is 1.66. The number of allylic oxidation sites excluding steroid dienone is 3. The Labute approximate surface area is 150 Å². The van der Waals surface area contributed by atoms with E-state index in [0.717, 1.165) is 30.1 Å². The third-order valence-electron chi connectivity index (χ3n) is 6.64. The number of unbranched alkanes of at least 4 members (excludes halogenated alkanes) is 1. The molecule has 0 saturated heterocycles. The molecule has 0 aromatic rings. The van der Waals surface area contributed by atoms with Crippen LogP contribution < -0.4 is 0 Å². The average Bonchev–Trinajstić information content (AvgIpc) is 2.64. The van der Waals surface area contributed by atoms with Crippen LogP contribution in [0.1, 0.15) is 90.4 Å². The minimum atomic E-state index is 0.799. The summed E-state index contributed by atoms with van der Waals surface area (Å²) in [7, 11) is 0. The molecule has 0 unspecified atom stereocenters. The first-order valence-corrected chi connectivity index (χ1v) is 10.5. The molecule has 0 N–H and O–H groups in total. The molecular weight excluding hydrogens is 290 g/mol. The summed E-state index contributed by atoms with van der Waals surface area (Å²) in [6.45, 7) is 6.86. The molecule has 2 saturated carbocycles. The molecule has 0 aliphatic heterocycles. The summed E-state index contributed by atoms with van der Waals surface area (Å²) < 4.78 is 0. The molecule has 2 aliphatic rings. The van der Waals surface area contributed by atoms with E-state index in [9.17, 15) is 0 Å². The van der Waals surface area contributed by atoms with Gasteiger partial charge in [-0.15, -0.1) is 0 Å². The van der Waals surface area contributed by atoms with Gasteiger partial charge >= 0.3 is 0 Å². The maximum absolute atomic E-state index is 8.54. The predicted molar refractivity (Wildman–Crippen MR) is 104 cm³/mol. The van der Waals surface area contributed by atoms with Crippen LogP contribution in [0.25, 0.3) is 0 Å². The van der Waals surface area contributed by atoms with Crippen molar-refractivity contribution in [1.82, 2.24) is 0 Å². The van der Waals surface area contributed by atoms with Crippen LogP contribution in [0.15, 0.2) is 24.3 Å². The number of nitriles is 1. The van der Waals surface area contributed by atoms with E-state index in [1.165, 1.54) is 77.0 Å². The van der Waals surface area contributed by atoms with Gasteiger partial charge in [0, 0.05) is 6.08 Å². The summed E-state index contributed by atoms with van der Waals surface area (Å²) in [6, 6.07) is 2.09. The molecule has 0 atom stereocenters. The largest absolute Gasteiger partial charge is 0.193 e. The molecule has 0 amide bonds. The zero-order chi connectivity index (χ0) is 17.2. The van der Waals surface area contributed by atoms with Gasteiger partial charge in [0.15, 0.2) is 0 Å². The van der Waals surface area contributed by atoms with Crippen molar-refractivity contribution >= 4 is 0 Å². The monoisotopic (exact) mass is 327 g/mol. The van der Waals surface area contributed by atoms with E-state index in [0.29, 0.717) is 0 Å². The van der Waals surface area contributed by atoms with Crippen LogP contribution in [0, 0.1) is 35.0 Å². The van der Waals surface area contributed by atoms with Crippen molar-refractivity contribution in [1.29, 1.82) is 5.26 Å². The standard InChI is InChI=1S/C23H37N/c1-3-4-8-20-10-14-22(15-11-20)19(2)23-16-12-21(13-17-23)9-6-5-7-18-24/h5,7,20-23H,2-4,6,8-17H2,1H3. The molecule has 1 heteroatoms. The lowest BCUT2D eigenvalue weighted by Gasteiger charge is -2.36. The molecule has 0 heterocycles. The molecule has 2 rings (SSSR count). The zero-order valence-electron chi connectivity index (χ0n) is 15.8. The highest BCUT2D eigenvalue weighted by Gasteiger charge is 2.29. The van der Waals surface area contributed by atoms with Crippen LogP contribution in [0.4, 0.5) is 0 Å². The highest BCUT2D eigenvalue weighted by Crippen LogP contribution is 2.42. The molecule has 0 radical (unpaired) electrons. The van der Waals surface area contributed by atoms with Gasteiger partial charge in [0.05, 0.1) is 6.07 Å². The van der Waals surface area contributed by atoms with E-state index < -0.39 is 0 Å². The molecule has 0 aromatic heterocycles. The van der Waals surface area contributed by atoms with Crippen LogP contribution >= 0.6 is 0 Å². The van der Waals surface area contributed by atoms with Gasteiger partial charge in [-0.2, -0.15) is 5.26 Å². The van der Waals surface area contributed by atoms with Crippen molar-refractivity contribution in [3.63, 3.8) is 0 Å². The Morgan fingerprint density at radius 1 is 0.958 bits per heavy atom. The molecule has 0 spiro atoms. The Morgan fingerprint density at radius 2 is 1.50 bits per heavy atom. The Morgan fingerprint density at radius 3 is 2.00 bits per heavy atom. The molecule has 24 heavy (non-hydrogen) atoms. The summed E-state index contributed by atoms with van der Waals surface area (Å²) in [5, 5.41) is 8.54. The second kappa shape index (κ2) is 10.8. The quantitative estimate of drug-likeness (QED) is 0.341. The number of nitrogens with zero attached hydrogens (tertiary/aromatic N) is 1. The lowest BCUT2D eigenvalue weighted by molar-refractivity contribution is 0.240. The van der Waals surface area contributed by atoms with Gasteiger partial charge in [-0.25, -0.2) is 0 Å². The van der Waals surface area contributed by atoms with E-state index in [1.807, 2.05) is 6.08 Å². The summed E-state index contributed by atoms with van der Waals surface area (Å²) >= 11 is 0. The number of hydrogen-bond acceptors (Lipinski definition) is 1. The zero-order valence-corrected chi connectivity index (χ0v) is 15.8. The van der Waals surface area contributed by atoms with E-state index in [2.05, 4.69) is 19.6 Å². The second-order valence-electron chi connectivity index (χ2n) is 8.26. The van der Waals surface area contributed by atoms with E-state index in [4.69, 9.17) is 5.26 Å². The first kappa shape index (κ1) is 19.3. The summed E-state index contributed by atoms with van der Waals surface area (Å²) in [5.74, 6) is 3.50. The summed E-state index contributed by atoms with van der Waals surface area (Å²) in [4.78, 5) is 0.